The van der Waals surface area contributed by atoms with Gasteiger partial charge >= 0.3 is 0 Å². The van der Waals surface area contributed by atoms with Gasteiger partial charge < -0.3 is 15.2 Å². The van der Waals surface area contributed by atoms with Crippen LogP contribution in [0.25, 0.3) is 11.2 Å². The average Bonchev–Trinajstić information content (AvgIpc) is 3.21. The highest BCUT2D eigenvalue weighted by atomic mass is 15.2. The van der Waals surface area contributed by atoms with Crippen molar-refractivity contribution in [1.29, 1.82) is 0 Å². The molecule has 0 amide bonds. The Morgan fingerprint density at radius 1 is 1.33 bits per heavy atom. The molecule has 2 bridgehead atoms. The zero-order chi connectivity index (χ0) is 14.4. The van der Waals surface area contributed by atoms with Crippen molar-refractivity contribution in [2.75, 3.05) is 30.9 Å². The molecule has 0 spiro atoms. The first kappa shape index (κ1) is 12.9. The van der Waals surface area contributed by atoms with Crippen LogP contribution in [0.4, 0.5) is 11.8 Å². The van der Waals surface area contributed by atoms with Crippen molar-refractivity contribution in [3.05, 3.63) is 6.33 Å². The fourth-order valence-electron chi connectivity index (χ4n) is 4.24. The van der Waals surface area contributed by atoms with Gasteiger partial charge in [-0.15, -0.1) is 0 Å². The van der Waals surface area contributed by atoms with Crippen LogP contribution in [-0.4, -0.2) is 40.6 Å². The molecule has 4 rings (SSSR count). The predicted octanol–water partition coefficient (Wildman–Crippen LogP) is 2.27. The molecule has 2 saturated carbocycles. The van der Waals surface area contributed by atoms with Gasteiger partial charge in [-0.05, 0) is 37.0 Å². The van der Waals surface area contributed by atoms with E-state index in [0.717, 1.165) is 41.3 Å². The normalized spacial score (nSPS) is 27.4. The largest absolute Gasteiger partial charge is 0.357 e. The molecule has 112 valence electrons. The molecule has 2 aliphatic carbocycles. The van der Waals surface area contributed by atoms with Crippen LogP contribution in [0.5, 0.6) is 0 Å². The first-order valence-electron chi connectivity index (χ1n) is 7.84. The molecule has 2 aliphatic rings. The molecule has 6 heteroatoms. The third-order valence-corrected chi connectivity index (χ3v) is 5.24. The minimum Gasteiger partial charge on any atom is -0.357 e. The summed E-state index contributed by atoms with van der Waals surface area (Å²) in [6, 6.07) is 0. The Balaban J connectivity index is 1.61. The summed E-state index contributed by atoms with van der Waals surface area (Å²) < 4.78 is 0. The van der Waals surface area contributed by atoms with Crippen molar-refractivity contribution in [2.45, 2.75) is 25.7 Å². The highest BCUT2D eigenvalue weighted by molar-refractivity contribution is 5.84. The molecule has 3 unspecified atom stereocenters. The number of aromatic nitrogens is 4. The first-order valence-corrected chi connectivity index (χ1v) is 7.84. The van der Waals surface area contributed by atoms with Gasteiger partial charge in [0.1, 0.15) is 5.52 Å². The summed E-state index contributed by atoms with van der Waals surface area (Å²) in [5, 5.41) is 3.02. The van der Waals surface area contributed by atoms with Crippen LogP contribution in [0.3, 0.4) is 0 Å². The third-order valence-electron chi connectivity index (χ3n) is 5.24. The molecule has 0 aromatic carbocycles. The Morgan fingerprint density at radius 2 is 2.24 bits per heavy atom. The number of anilines is 2. The van der Waals surface area contributed by atoms with Crippen LogP contribution in [0, 0.1) is 17.8 Å². The van der Waals surface area contributed by atoms with Gasteiger partial charge in [-0.2, -0.15) is 9.97 Å². The smallest absolute Gasteiger partial charge is 0.226 e. The molecule has 0 radical (unpaired) electrons. The fraction of sp³-hybridized carbons (Fsp3) is 0.667. The number of hydrogen-bond acceptors (Lipinski definition) is 5. The number of nitrogens with one attached hydrogen (secondary N) is 2. The molecule has 0 aliphatic heterocycles. The monoisotopic (exact) mass is 286 g/mol. The fourth-order valence-corrected chi connectivity index (χ4v) is 4.24. The molecule has 0 saturated heterocycles. The van der Waals surface area contributed by atoms with Gasteiger partial charge in [0.2, 0.25) is 5.95 Å². The maximum atomic E-state index is 4.63. The minimum atomic E-state index is 0.629. The van der Waals surface area contributed by atoms with Gasteiger partial charge in [0.05, 0.1) is 6.33 Å². The minimum absolute atomic E-state index is 0.629. The Hall–Kier alpha value is -1.85. The van der Waals surface area contributed by atoms with Gasteiger partial charge in [-0.3, -0.25) is 0 Å². The van der Waals surface area contributed by atoms with Gasteiger partial charge in [0, 0.05) is 20.6 Å². The maximum absolute atomic E-state index is 4.63. The number of aromatic amines is 1. The second-order valence-corrected chi connectivity index (χ2v) is 6.54. The van der Waals surface area contributed by atoms with Crippen LogP contribution in [-0.2, 0) is 0 Å². The van der Waals surface area contributed by atoms with Crippen LogP contribution in [0.15, 0.2) is 6.33 Å². The van der Waals surface area contributed by atoms with Gasteiger partial charge in [-0.1, -0.05) is 6.42 Å². The van der Waals surface area contributed by atoms with Crippen LogP contribution < -0.4 is 10.2 Å². The lowest BCUT2D eigenvalue weighted by molar-refractivity contribution is 0.337. The van der Waals surface area contributed by atoms with Crippen molar-refractivity contribution >= 4 is 22.9 Å². The van der Waals surface area contributed by atoms with E-state index in [1.54, 1.807) is 6.33 Å². The van der Waals surface area contributed by atoms with Gasteiger partial charge in [0.15, 0.2) is 11.5 Å². The van der Waals surface area contributed by atoms with Crippen molar-refractivity contribution < 1.29 is 0 Å². The molecular formula is C15H22N6. The lowest BCUT2D eigenvalue weighted by Crippen LogP contribution is -2.29. The molecule has 2 fully saturated rings. The van der Waals surface area contributed by atoms with Crippen molar-refractivity contribution in [1.82, 2.24) is 19.9 Å². The highest BCUT2D eigenvalue weighted by Crippen LogP contribution is 2.48. The molecule has 2 aromatic rings. The molecule has 21 heavy (non-hydrogen) atoms. The standard InChI is InChI=1S/C15H22N6/c1-16-15-19-13-12(17-8-18-13)14(20-15)21(2)7-11-6-9-3-4-10(11)5-9/h8-11H,3-7H2,1-2H3,(H2,16,17,18,19,20). The third kappa shape index (κ3) is 2.13. The Bertz CT molecular complexity index is 651. The quantitative estimate of drug-likeness (QED) is 0.902. The van der Waals surface area contributed by atoms with E-state index in [0.29, 0.717) is 5.95 Å². The number of H-pyrrole nitrogens is 1. The van der Waals surface area contributed by atoms with E-state index < -0.39 is 0 Å². The number of nitrogens with zero attached hydrogens (tertiary/aromatic N) is 4. The molecule has 6 nitrogen and oxygen atoms in total. The molecule has 2 aromatic heterocycles. The van der Waals surface area contributed by atoms with Crippen molar-refractivity contribution in [3.63, 3.8) is 0 Å². The Kier molecular flexibility index (Phi) is 2.97. The second-order valence-electron chi connectivity index (χ2n) is 6.54. The van der Waals surface area contributed by atoms with Crippen LogP contribution in [0.2, 0.25) is 0 Å². The van der Waals surface area contributed by atoms with E-state index in [1.165, 1.54) is 25.7 Å². The summed E-state index contributed by atoms with van der Waals surface area (Å²) >= 11 is 0. The Morgan fingerprint density at radius 3 is 2.95 bits per heavy atom. The second kappa shape index (κ2) is 4.86. The van der Waals surface area contributed by atoms with Gasteiger partial charge in [0.25, 0.3) is 0 Å². The summed E-state index contributed by atoms with van der Waals surface area (Å²) in [4.78, 5) is 18.7. The summed E-state index contributed by atoms with van der Waals surface area (Å²) in [5.74, 6) is 4.31. The average molecular weight is 286 g/mol. The van der Waals surface area contributed by atoms with Crippen LogP contribution in [0.1, 0.15) is 25.7 Å². The molecular weight excluding hydrogens is 264 g/mol. The molecule has 2 heterocycles. The summed E-state index contributed by atoms with van der Waals surface area (Å²) in [6.45, 7) is 1.08. The lowest BCUT2D eigenvalue weighted by atomic mass is 9.88. The summed E-state index contributed by atoms with van der Waals surface area (Å²) in [5.41, 5.74) is 1.66. The van der Waals surface area contributed by atoms with Crippen molar-refractivity contribution in [2.24, 2.45) is 17.8 Å². The zero-order valence-electron chi connectivity index (χ0n) is 12.6. The topological polar surface area (TPSA) is 69.7 Å². The van der Waals surface area contributed by atoms with Crippen LogP contribution >= 0.6 is 0 Å². The zero-order valence-corrected chi connectivity index (χ0v) is 12.6. The Labute approximate surface area is 124 Å². The predicted molar refractivity (Wildman–Crippen MR) is 83.4 cm³/mol. The van der Waals surface area contributed by atoms with E-state index in [-0.39, 0.29) is 0 Å². The van der Waals surface area contributed by atoms with E-state index in [1.807, 2.05) is 7.05 Å². The molecule has 3 atom stereocenters. The van der Waals surface area contributed by atoms with E-state index >= 15 is 0 Å². The SMILES string of the molecule is CNc1nc(N(C)CC2CC3CCC2C3)c2[nH]cnc2n1. The molecule has 2 N–H and O–H groups in total. The van der Waals surface area contributed by atoms with E-state index in [2.05, 4.69) is 37.2 Å². The van der Waals surface area contributed by atoms with Crippen molar-refractivity contribution in [3.8, 4) is 0 Å². The first-order chi connectivity index (χ1) is 10.2. The van der Waals surface area contributed by atoms with E-state index in [9.17, 15) is 0 Å². The summed E-state index contributed by atoms with van der Waals surface area (Å²) in [6.07, 6.45) is 7.41. The highest BCUT2D eigenvalue weighted by Gasteiger charge is 2.39. The number of rotatable bonds is 4. The number of imidazole rings is 1. The summed E-state index contributed by atoms with van der Waals surface area (Å²) in [7, 11) is 3.97. The number of hydrogen-bond donors (Lipinski definition) is 2. The maximum Gasteiger partial charge on any atom is 0.226 e. The van der Waals surface area contributed by atoms with E-state index in [4.69, 9.17) is 0 Å². The van der Waals surface area contributed by atoms with Gasteiger partial charge in [-0.25, -0.2) is 4.98 Å². The lowest BCUT2D eigenvalue weighted by Gasteiger charge is -2.28. The number of fused-ring (bicyclic) bond motifs is 3.